The van der Waals surface area contributed by atoms with Crippen LogP contribution in [0.5, 0.6) is 0 Å². The van der Waals surface area contributed by atoms with E-state index >= 15 is 0 Å². The summed E-state index contributed by atoms with van der Waals surface area (Å²) in [4.78, 5) is 8.50. The molecule has 3 rings (SSSR count). The molecule has 1 aliphatic rings. The maximum Gasteiger partial charge on any atom is 0.307 e. The van der Waals surface area contributed by atoms with Crippen molar-refractivity contribution in [3.05, 3.63) is 12.7 Å². The number of rotatable bonds is 0. The summed E-state index contributed by atoms with van der Waals surface area (Å²) in [6, 6.07) is 0. The van der Waals surface area contributed by atoms with E-state index in [2.05, 4.69) is 15.1 Å². The van der Waals surface area contributed by atoms with E-state index in [9.17, 15) is 0 Å². The number of hydrogen-bond acceptors (Lipinski definition) is 4. The highest BCUT2D eigenvalue weighted by molar-refractivity contribution is 5.97. The van der Waals surface area contributed by atoms with E-state index in [0.717, 1.165) is 22.8 Å². The molecule has 1 aliphatic heterocycles. The Balaban J connectivity index is 0.000000514. The van der Waals surface area contributed by atoms with E-state index < -0.39 is 0 Å². The first-order valence-corrected chi connectivity index (χ1v) is 5.69. The van der Waals surface area contributed by atoms with E-state index in [1.807, 2.05) is 50.3 Å². The van der Waals surface area contributed by atoms with Crippen molar-refractivity contribution >= 4 is 22.8 Å². The zero-order chi connectivity index (χ0) is 12.6. The van der Waals surface area contributed by atoms with Gasteiger partial charge in [0, 0.05) is 14.0 Å². The van der Waals surface area contributed by atoms with Gasteiger partial charge < -0.3 is 0 Å². The van der Waals surface area contributed by atoms with Gasteiger partial charge in [-0.1, -0.05) is 18.8 Å². The van der Waals surface area contributed by atoms with Crippen molar-refractivity contribution in [2.45, 2.75) is 20.8 Å². The van der Waals surface area contributed by atoms with E-state index in [-0.39, 0.29) is 0 Å². The van der Waals surface area contributed by atoms with Gasteiger partial charge >= 0.3 is 5.65 Å². The predicted molar refractivity (Wildman–Crippen MR) is 67.0 cm³/mol. The van der Waals surface area contributed by atoms with Crippen LogP contribution in [-0.2, 0) is 7.05 Å². The first-order valence-electron chi connectivity index (χ1n) is 5.69. The SMILES string of the molecule is CC.CC1=NN(C)c2ncnc3c2n1c[n+]3C. The van der Waals surface area contributed by atoms with Gasteiger partial charge in [-0.25, -0.2) is 14.1 Å². The third-order valence-electron chi connectivity index (χ3n) is 2.60. The van der Waals surface area contributed by atoms with Crippen LogP contribution >= 0.6 is 0 Å². The van der Waals surface area contributed by atoms with Gasteiger partial charge in [0.1, 0.15) is 0 Å². The van der Waals surface area contributed by atoms with Crippen molar-refractivity contribution in [1.29, 1.82) is 0 Å². The molecule has 0 saturated carbocycles. The summed E-state index contributed by atoms with van der Waals surface area (Å²) in [7, 11) is 3.86. The lowest BCUT2D eigenvalue weighted by Crippen LogP contribution is -2.26. The third-order valence-corrected chi connectivity index (χ3v) is 2.60. The minimum atomic E-state index is 0.839. The monoisotopic (exact) mass is 233 g/mol. The van der Waals surface area contributed by atoms with E-state index in [4.69, 9.17) is 0 Å². The number of hydrazone groups is 1. The molecule has 3 heterocycles. The highest BCUT2D eigenvalue weighted by Crippen LogP contribution is 2.23. The Labute approximate surface area is 100 Å². The van der Waals surface area contributed by atoms with Crippen LogP contribution in [0.3, 0.4) is 0 Å². The molecule has 0 aliphatic carbocycles. The fourth-order valence-electron chi connectivity index (χ4n) is 1.91. The summed E-state index contributed by atoms with van der Waals surface area (Å²) in [5.74, 6) is 1.76. The van der Waals surface area contributed by atoms with Gasteiger partial charge in [-0.05, 0) is 0 Å². The summed E-state index contributed by atoms with van der Waals surface area (Å²) in [6.45, 7) is 5.96. The van der Waals surface area contributed by atoms with Crippen LogP contribution in [0.4, 0.5) is 5.82 Å². The molecule has 90 valence electrons. The van der Waals surface area contributed by atoms with Crippen molar-refractivity contribution in [3.63, 3.8) is 0 Å². The Morgan fingerprint density at radius 3 is 2.65 bits per heavy atom. The highest BCUT2D eigenvalue weighted by Gasteiger charge is 2.26. The molecule has 0 aromatic carbocycles. The first-order chi connectivity index (χ1) is 8.18. The minimum absolute atomic E-state index is 0.839. The number of anilines is 1. The molecule has 17 heavy (non-hydrogen) atoms. The van der Waals surface area contributed by atoms with Crippen molar-refractivity contribution < 1.29 is 4.57 Å². The average molecular weight is 233 g/mol. The second-order valence-corrected chi connectivity index (χ2v) is 3.64. The van der Waals surface area contributed by atoms with Crippen molar-refractivity contribution in [1.82, 2.24) is 14.5 Å². The number of nitrogens with zero attached hydrogens (tertiary/aromatic N) is 6. The van der Waals surface area contributed by atoms with Crippen LogP contribution in [0.2, 0.25) is 0 Å². The molecule has 0 bridgehead atoms. The lowest BCUT2D eigenvalue weighted by molar-refractivity contribution is -0.647. The van der Waals surface area contributed by atoms with E-state index in [1.165, 1.54) is 0 Å². The van der Waals surface area contributed by atoms with Gasteiger partial charge in [-0.3, -0.25) is 0 Å². The Morgan fingerprint density at radius 1 is 1.24 bits per heavy atom. The van der Waals surface area contributed by atoms with Gasteiger partial charge in [-0.15, -0.1) is 5.10 Å². The lowest BCUT2D eigenvalue weighted by Gasteiger charge is -2.16. The molecule has 6 nitrogen and oxygen atoms in total. The molecule has 2 aromatic rings. The van der Waals surface area contributed by atoms with Gasteiger partial charge in [0.25, 0.3) is 0 Å². The van der Waals surface area contributed by atoms with Gasteiger partial charge in [-0.2, -0.15) is 4.98 Å². The number of aryl methyl sites for hydroxylation is 1. The Hall–Kier alpha value is -1.98. The fourth-order valence-corrected chi connectivity index (χ4v) is 1.91. The Kier molecular flexibility index (Phi) is 2.79. The van der Waals surface area contributed by atoms with Crippen LogP contribution in [-0.4, -0.2) is 27.4 Å². The first kappa shape index (κ1) is 11.5. The van der Waals surface area contributed by atoms with Crippen molar-refractivity contribution in [2.24, 2.45) is 12.1 Å². The Bertz CT molecular complexity index is 583. The molecular weight excluding hydrogens is 216 g/mol. The lowest BCUT2D eigenvalue weighted by atomic mass is 10.4. The molecular formula is C11H17N6+. The topological polar surface area (TPSA) is 50.2 Å². The number of hydrogen-bond donors (Lipinski definition) is 0. The minimum Gasteiger partial charge on any atom is -0.245 e. The van der Waals surface area contributed by atoms with Crippen molar-refractivity contribution in [2.75, 3.05) is 12.1 Å². The quantitative estimate of drug-likeness (QED) is 0.636. The standard InChI is InChI=1S/C9H11N6.C2H6/c1-6-12-14(3)9-7-8(10-4-11-9)13(2)5-15(6)7;1-2/h4-5H,1-3H3;1-2H3/q+1;. The summed E-state index contributed by atoms with van der Waals surface area (Å²) >= 11 is 0. The van der Waals surface area contributed by atoms with Gasteiger partial charge in [0.2, 0.25) is 5.52 Å². The molecule has 0 N–H and O–H groups in total. The second-order valence-electron chi connectivity index (χ2n) is 3.64. The third kappa shape index (κ3) is 1.56. The summed E-state index contributed by atoms with van der Waals surface area (Å²) in [5.41, 5.74) is 1.93. The Morgan fingerprint density at radius 2 is 1.94 bits per heavy atom. The van der Waals surface area contributed by atoms with Crippen LogP contribution < -0.4 is 9.58 Å². The smallest absolute Gasteiger partial charge is 0.245 e. The van der Waals surface area contributed by atoms with E-state index in [0.29, 0.717) is 0 Å². The molecule has 6 heteroatoms. The predicted octanol–water partition coefficient (Wildman–Crippen LogP) is 0.913. The summed E-state index contributed by atoms with van der Waals surface area (Å²) in [6.07, 6.45) is 3.53. The highest BCUT2D eigenvalue weighted by atomic mass is 15.5. The fraction of sp³-hybridized carbons (Fsp3) is 0.455. The van der Waals surface area contributed by atoms with Crippen LogP contribution in [0, 0.1) is 0 Å². The average Bonchev–Trinajstić information content (AvgIpc) is 2.68. The van der Waals surface area contributed by atoms with Crippen molar-refractivity contribution in [3.8, 4) is 0 Å². The molecule has 0 unspecified atom stereocenters. The maximum absolute atomic E-state index is 4.37. The van der Waals surface area contributed by atoms with Gasteiger partial charge in [0.15, 0.2) is 24.3 Å². The zero-order valence-corrected chi connectivity index (χ0v) is 10.8. The normalized spacial score (nSPS) is 13.2. The van der Waals surface area contributed by atoms with Gasteiger partial charge in [0.05, 0.1) is 7.05 Å². The number of imidazole rings is 1. The maximum atomic E-state index is 4.37. The molecule has 2 aromatic heterocycles. The van der Waals surface area contributed by atoms with Crippen LogP contribution in [0.15, 0.2) is 17.8 Å². The molecule has 0 atom stereocenters. The number of aromatic nitrogens is 4. The largest absolute Gasteiger partial charge is 0.307 e. The summed E-state index contributed by atoms with van der Waals surface area (Å²) < 4.78 is 3.98. The second kappa shape index (κ2) is 4.12. The zero-order valence-electron chi connectivity index (χ0n) is 10.8. The molecule has 0 saturated heterocycles. The van der Waals surface area contributed by atoms with Crippen LogP contribution in [0.1, 0.15) is 20.8 Å². The van der Waals surface area contributed by atoms with E-state index in [1.54, 1.807) is 11.3 Å². The summed E-state index contributed by atoms with van der Waals surface area (Å²) in [5, 5.41) is 6.15. The molecule has 0 radical (unpaired) electrons. The van der Waals surface area contributed by atoms with Crippen LogP contribution in [0.25, 0.3) is 11.2 Å². The molecule has 0 spiro atoms. The molecule has 0 fully saturated rings. The molecule has 0 amide bonds.